The molecule has 0 aliphatic heterocycles. The van der Waals surface area contributed by atoms with Gasteiger partial charge in [-0.1, -0.05) is 39.3 Å². The summed E-state index contributed by atoms with van der Waals surface area (Å²) in [5.74, 6) is 2.53. The number of allylic oxidation sites excluding steroid dienone is 2. The third kappa shape index (κ3) is 3.09. The normalized spacial score (nSPS) is 39.7. The molecule has 0 nitrogen and oxygen atoms in total. The molecular weight excluding hydrogens is 132 g/mol. The fourth-order valence-corrected chi connectivity index (χ4v) is 1.85. The third-order valence-electron chi connectivity index (χ3n) is 2.66. The summed E-state index contributed by atoms with van der Waals surface area (Å²) in [7, 11) is 0. The Labute approximate surface area is 70.7 Å². The Kier molecular flexibility index (Phi) is 3.16. The molecule has 0 saturated carbocycles. The predicted molar refractivity (Wildman–Crippen MR) is 50.5 cm³/mol. The van der Waals surface area contributed by atoms with Crippen LogP contribution in [-0.4, -0.2) is 0 Å². The first-order chi connectivity index (χ1) is 5.18. The van der Waals surface area contributed by atoms with E-state index in [0.717, 1.165) is 17.8 Å². The molecule has 64 valence electrons. The third-order valence-corrected chi connectivity index (χ3v) is 2.66. The van der Waals surface area contributed by atoms with E-state index in [1.54, 1.807) is 0 Å². The molecule has 0 spiro atoms. The van der Waals surface area contributed by atoms with Crippen molar-refractivity contribution in [3.8, 4) is 0 Å². The van der Waals surface area contributed by atoms with Crippen LogP contribution >= 0.6 is 0 Å². The van der Waals surface area contributed by atoms with Gasteiger partial charge in [-0.2, -0.15) is 0 Å². The first-order valence-electron chi connectivity index (χ1n) is 4.87. The van der Waals surface area contributed by atoms with E-state index in [9.17, 15) is 0 Å². The van der Waals surface area contributed by atoms with Crippen LogP contribution in [0.4, 0.5) is 0 Å². The number of rotatable bonds is 0. The minimum atomic E-state index is 0.799. The van der Waals surface area contributed by atoms with Crippen LogP contribution in [0.15, 0.2) is 12.2 Å². The average molecular weight is 152 g/mol. The molecule has 1 aliphatic rings. The Morgan fingerprint density at radius 1 is 0.909 bits per heavy atom. The summed E-state index contributed by atoms with van der Waals surface area (Å²) in [6.07, 6.45) is 8.94. The molecule has 3 unspecified atom stereocenters. The molecule has 11 heavy (non-hydrogen) atoms. The summed E-state index contributed by atoms with van der Waals surface area (Å²) in [6, 6.07) is 0. The van der Waals surface area contributed by atoms with Crippen molar-refractivity contribution in [2.75, 3.05) is 0 Å². The largest absolute Gasteiger partial charge is 0.0854 e. The van der Waals surface area contributed by atoms with Crippen LogP contribution in [0, 0.1) is 17.8 Å². The molecule has 0 saturated heterocycles. The van der Waals surface area contributed by atoms with Crippen LogP contribution in [0.1, 0.15) is 40.0 Å². The SMILES string of the molecule is CC1C=CC(C)CC(C)CC1. The predicted octanol–water partition coefficient (Wildman–Crippen LogP) is 3.63. The molecule has 0 heterocycles. The van der Waals surface area contributed by atoms with Gasteiger partial charge in [-0.05, 0) is 30.6 Å². The molecule has 0 aromatic carbocycles. The number of hydrogen-bond donors (Lipinski definition) is 0. The summed E-state index contributed by atoms with van der Waals surface area (Å²) in [6.45, 7) is 7.02. The fraction of sp³-hybridized carbons (Fsp3) is 0.818. The second kappa shape index (κ2) is 3.94. The van der Waals surface area contributed by atoms with Crippen molar-refractivity contribution >= 4 is 0 Å². The molecular formula is C11H20. The smallest absolute Gasteiger partial charge is 0.0259 e. The molecule has 0 N–H and O–H groups in total. The second-order valence-electron chi connectivity index (χ2n) is 4.26. The van der Waals surface area contributed by atoms with Crippen molar-refractivity contribution in [3.05, 3.63) is 12.2 Å². The number of hydrogen-bond acceptors (Lipinski definition) is 0. The monoisotopic (exact) mass is 152 g/mol. The molecule has 0 heteroatoms. The van der Waals surface area contributed by atoms with Gasteiger partial charge in [-0.3, -0.25) is 0 Å². The van der Waals surface area contributed by atoms with Gasteiger partial charge in [0, 0.05) is 0 Å². The van der Waals surface area contributed by atoms with Gasteiger partial charge in [-0.15, -0.1) is 0 Å². The first kappa shape index (κ1) is 8.83. The van der Waals surface area contributed by atoms with Gasteiger partial charge >= 0.3 is 0 Å². The lowest BCUT2D eigenvalue weighted by Gasteiger charge is -2.19. The maximum Gasteiger partial charge on any atom is -0.0259 e. The molecule has 3 atom stereocenters. The minimum absolute atomic E-state index is 0.799. The first-order valence-corrected chi connectivity index (χ1v) is 4.87. The zero-order valence-electron chi connectivity index (χ0n) is 8.01. The van der Waals surface area contributed by atoms with Crippen molar-refractivity contribution in [3.63, 3.8) is 0 Å². The lowest BCUT2D eigenvalue weighted by atomic mass is 9.87. The van der Waals surface area contributed by atoms with E-state index < -0.39 is 0 Å². The van der Waals surface area contributed by atoms with Crippen molar-refractivity contribution in [2.24, 2.45) is 17.8 Å². The van der Waals surface area contributed by atoms with E-state index in [1.165, 1.54) is 19.3 Å². The van der Waals surface area contributed by atoms with Crippen molar-refractivity contribution in [1.82, 2.24) is 0 Å². The molecule has 0 amide bonds. The Morgan fingerprint density at radius 2 is 1.55 bits per heavy atom. The van der Waals surface area contributed by atoms with E-state index in [-0.39, 0.29) is 0 Å². The van der Waals surface area contributed by atoms with E-state index in [2.05, 4.69) is 32.9 Å². The summed E-state index contributed by atoms with van der Waals surface area (Å²) >= 11 is 0. The highest BCUT2D eigenvalue weighted by Gasteiger charge is 2.10. The zero-order valence-corrected chi connectivity index (χ0v) is 8.01. The van der Waals surface area contributed by atoms with Crippen molar-refractivity contribution < 1.29 is 0 Å². The molecule has 0 radical (unpaired) electrons. The summed E-state index contributed by atoms with van der Waals surface area (Å²) in [5.41, 5.74) is 0. The van der Waals surface area contributed by atoms with E-state index in [0.29, 0.717) is 0 Å². The summed E-state index contributed by atoms with van der Waals surface area (Å²) in [5, 5.41) is 0. The van der Waals surface area contributed by atoms with Crippen LogP contribution in [0.3, 0.4) is 0 Å². The van der Waals surface area contributed by atoms with Crippen LogP contribution < -0.4 is 0 Å². The lowest BCUT2D eigenvalue weighted by molar-refractivity contribution is 0.393. The van der Waals surface area contributed by atoms with Gasteiger partial charge in [-0.25, -0.2) is 0 Å². The van der Waals surface area contributed by atoms with Crippen molar-refractivity contribution in [2.45, 2.75) is 40.0 Å². The quantitative estimate of drug-likeness (QED) is 0.465. The molecule has 0 aromatic rings. The van der Waals surface area contributed by atoms with Gasteiger partial charge in [0.15, 0.2) is 0 Å². The fourth-order valence-electron chi connectivity index (χ4n) is 1.85. The van der Waals surface area contributed by atoms with Gasteiger partial charge in [0.1, 0.15) is 0 Å². The van der Waals surface area contributed by atoms with Crippen molar-refractivity contribution in [1.29, 1.82) is 0 Å². The maximum absolute atomic E-state index is 2.39. The maximum atomic E-state index is 2.39. The van der Waals surface area contributed by atoms with E-state index in [1.807, 2.05) is 0 Å². The van der Waals surface area contributed by atoms with E-state index in [4.69, 9.17) is 0 Å². The zero-order chi connectivity index (χ0) is 8.27. The Bertz CT molecular complexity index is 135. The van der Waals surface area contributed by atoms with Gasteiger partial charge in [0.2, 0.25) is 0 Å². The molecule has 0 fully saturated rings. The second-order valence-corrected chi connectivity index (χ2v) is 4.26. The van der Waals surface area contributed by atoms with Gasteiger partial charge in [0.25, 0.3) is 0 Å². The van der Waals surface area contributed by atoms with Crippen LogP contribution in [-0.2, 0) is 0 Å². The van der Waals surface area contributed by atoms with Crippen LogP contribution in [0.25, 0.3) is 0 Å². The van der Waals surface area contributed by atoms with Gasteiger partial charge in [0.05, 0.1) is 0 Å². The summed E-state index contributed by atoms with van der Waals surface area (Å²) < 4.78 is 0. The Morgan fingerprint density at radius 3 is 2.27 bits per heavy atom. The summed E-state index contributed by atoms with van der Waals surface area (Å²) in [4.78, 5) is 0. The van der Waals surface area contributed by atoms with Crippen LogP contribution in [0.5, 0.6) is 0 Å². The van der Waals surface area contributed by atoms with E-state index >= 15 is 0 Å². The lowest BCUT2D eigenvalue weighted by Crippen LogP contribution is -2.06. The highest BCUT2D eigenvalue weighted by molar-refractivity contribution is 4.92. The topological polar surface area (TPSA) is 0 Å². The Hall–Kier alpha value is -0.260. The molecule has 1 aliphatic carbocycles. The molecule has 1 rings (SSSR count). The average Bonchev–Trinajstić information content (AvgIpc) is 1.95. The minimum Gasteiger partial charge on any atom is -0.0854 e. The molecule has 0 aromatic heterocycles. The Balaban J connectivity index is 2.50. The van der Waals surface area contributed by atoms with Gasteiger partial charge < -0.3 is 0 Å². The highest BCUT2D eigenvalue weighted by Crippen LogP contribution is 2.24. The molecule has 0 bridgehead atoms. The van der Waals surface area contributed by atoms with Crippen LogP contribution in [0.2, 0.25) is 0 Å². The highest BCUT2D eigenvalue weighted by atomic mass is 14.2. The standard InChI is InChI=1S/C11H20/c1-9-4-6-10(2)8-11(3)7-5-9/h4,6,9-11H,5,7-8H2,1-3H3.